The summed E-state index contributed by atoms with van der Waals surface area (Å²) >= 11 is 0. The zero-order chi connectivity index (χ0) is 14.0. The van der Waals surface area contributed by atoms with E-state index in [1.165, 1.54) is 0 Å². The van der Waals surface area contributed by atoms with Gasteiger partial charge in [-0.05, 0) is 20.8 Å². The molecule has 2 aromatic rings. The second-order valence-electron chi connectivity index (χ2n) is 4.91. The van der Waals surface area contributed by atoms with E-state index in [9.17, 15) is 0 Å². The molecule has 0 spiro atoms. The van der Waals surface area contributed by atoms with Crippen molar-refractivity contribution in [3.8, 4) is 5.82 Å². The van der Waals surface area contributed by atoms with Crippen molar-refractivity contribution in [1.82, 2.24) is 19.5 Å². The minimum atomic E-state index is 0.292. The first-order chi connectivity index (χ1) is 9.04. The summed E-state index contributed by atoms with van der Waals surface area (Å²) in [6, 6.07) is 0. The highest BCUT2D eigenvalue weighted by molar-refractivity contribution is 5.52. The van der Waals surface area contributed by atoms with E-state index in [1.54, 1.807) is 6.20 Å². The maximum atomic E-state index is 4.69. The number of imidazole rings is 1. The average Bonchev–Trinajstić information content (AvgIpc) is 2.78. The van der Waals surface area contributed by atoms with Gasteiger partial charge in [0.1, 0.15) is 23.3 Å². The molecule has 0 aliphatic carbocycles. The maximum Gasteiger partial charge on any atom is 0.146 e. The van der Waals surface area contributed by atoms with Crippen LogP contribution in [0.5, 0.6) is 0 Å². The van der Waals surface area contributed by atoms with Gasteiger partial charge < -0.3 is 5.32 Å². The van der Waals surface area contributed by atoms with Crippen LogP contribution in [0.2, 0.25) is 0 Å². The van der Waals surface area contributed by atoms with Gasteiger partial charge >= 0.3 is 0 Å². The highest BCUT2D eigenvalue weighted by Crippen LogP contribution is 2.22. The molecule has 102 valence electrons. The topological polar surface area (TPSA) is 55.6 Å². The largest absolute Gasteiger partial charge is 0.370 e. The van der Waals surface area contributed by atoms with Crippen molar-refractivity contribution in [2.45, 2.75) is 40.5 Å². The molecule has 2 heterocycles. The van der Waals surface area contributed by atoms with Crippen LogP contribution >= 0.6 is 0 Å². The summed E-state index contributed by atoms with van der Waals surface area (Å²) in [5.74, 6) is 3.89. The van der Waals surface area contributed by atoms with E-state index in [1.807, 2.05) is 24.6 Å². The first-order valence-corrected chi connectivity index (χ1v) is 6.67. The molecular weight excluding hydrogens is 238 g/mol. The van der Waals surface area contributed by atoms with Crippen molar-refractivity contribution in [2.24, 2.45) is 0 Å². The number of nitrogens with one attached hydrogen (secondary N) is 1. The normalized spacial score (nSPS) is 11.1. The Morgan fingerprint density at radius 1 is 1.26 bits per heavy atom. The zero-order valence-electron chi connectivity index (χ0n) is 12.2. The Hall–Kier alpha value is -1.91. The molecule has 0 aliphatic heterocycles. The first-order valence-electron chi connectivity index (χ1n) is 6.67. The van der Waals surface area contributed by atoms with E-state index < -0.39 is 0 Å². The molecule has 1 N–H and O–H groups in total. The van der Waals surface area contributed by atoms with Crippen molar-refractivity contribution in [3.05, 3.63) is 29.6 Å². The highest BCUT2D eigenvalue weighted by Gasteiger charge is 2.15. The lowest BCUT2D eigenvalue weighted by molar-refractivity contribution is 0.755. The predicted molar refractivity (Wildman–Crippen MR) is 76.9 cm³/mol. The van der Waals surface area contributed by atoms with Gasteiger partial charge in [0.25, 0.3) is 0 Å². The quantitative estimate of drug-likeness (QED) is 0.917. The number of aromatic nitrogens is 4. The molecule has 0 bridgehead atoms. The van der Waals surface area contributed by atoms with Crippen LogP contribution in [0, 0.1) is 13.8 Å². The molecule has 5 nitrogen and oxygen atoms in total. The number of hydrogen-bond donors (Lipinski definition) is 1. The fraction of sp³-hybridized carbons (Fsp3) is 0.500. The Morgan fingerprint density at radius 2 is 2.00 bits per heavy atom. The van der Waals surface area contributed by atoms with Crippen molar-refractivity contribution in [3.63, 3.8) is 0 Å². The molecular formula is C14H21N5. The van der Waals surface area contributed by atoms with Crippen LogP contribution in [0.15, 0.2) is 12.4 Å². The van der Waals surface area contributed by atoms with Crippen molar-refractivity contribution in [1.29, 1.82) is 0 Å². The predicted octanol–water partition coefficient (Wildman–Crippen LogP) is 2.83. The van der Waals surface area contributed by atoms with E-state index in [0.717, 1.165) is 35.4 Å². The Morgan fingerprint density at radius 3 is 2.53 bits per heavy atom. The Balaban J connectivity index is 2.62. The lowest BCUT2D eigenvalue weighted by Crippen LogP contribution is -2.12. The second-order valence-corrected chi connectivity index (χ2v) is 4.91. The van der Waals surface area contributed by atoms with E-state index in [-0.39, 0.29) is 0 Å². The molecule has 0 saturated heterocycles. The molecule has 0 atom stereocenters. The third-order valence-corrected chi connectivity index (χ3v) is 3.05. The molecule has 0 radical (unpaired) electrons. The van der Waals surface area contributed by atoms with Crippen LogP contribution < -0.4 is 5.32 Å². The minimum absolute atomic E-state index is 0.292. The fourth-order valence-corrected chi connectivity index (χ4v) is 1.96. The van der Waals surface area contributed by atoms with Gasteiger partial charge in [0.15, 0.2) is 0 Å². The van der Waals surface area contributed by atoms with Crippen molar-refractivity contribution >= 4 is 5.82 Å². The molecule has 0 fully saturated rings. The molecule has 2 aromatic heterocycles. The molecule has 0 saturated carbocycles. The molecule has 0 amide bonds. The SMILES string of the molecule is CCNc1nc(C(C)C)nc(-n2ccnc2C)c1C. The summed E-state index contributed by atoms with van der Waals surface area (Å²) in [4.78, 5) is 13.6. The summed E-state index contributed by atoms with van der Waals surface area (Å²) in [5, 5.41) is 3.31. The molecule has 0 aliphatic rings. The molecule has 0 unspecified atom stereocenters. The van der Waals surface area contributed by atoms with Crippen molar-refractivity contribution < 1.29 is 0 Å². The smallest absolute Gasteiger partial charge is 0.146 e. The average molecular weight is 259 g/mol. The minimum Gasteiger partial charge on any atom is -0.370 e. The molecule has 5 heteroatoms. The van der Waals surface area contributed by atoms with Gasteiger partial charge in [-0.3, -0.25) is 4.57 Å². The van der Waals surface area contributed by atoms with Gasteiger partial charge in [0, 0.05) is 30.4 Å². The summed E-state index contributed by atoms with van der Waals surface area (Å²) in [7, 11) is 0. The summed E-state index contributed by atoms with van der Waals surface area (Å²) in [6.07, 6.45) is 3.73. The first kappa shape index (κ1) is 13.5. The van der Waals surface area contributed by atoms with Gasteiger partial charge in [0.05, 0.1) is 0 Å². The highest BCUT2D eigenvalue weighted by atomic mass is 15.2. The van der Waals surface area contributed by atoms with Gasteiger partial charge in [-0.1, -0.05) is 13.8 Å². The number of nitrogens with zero attached hydrogens (tertiary/aromatic N) is 4. The maximum absolute atomic E-state index is 4.69. The van der Waals surface area contributed by atoms with Gasteiger partial charge in [0.2, 0.25) is 0 Å². The lowest BCUT2D eigenvalue weighted by atomic mass is 10.2. The monoisotopic (exact) mass is 259 g/mol. The van der Waals surface area contributed by atoms with Crippen LogP contribution in [0.25, 0.3) is 5.82 Å². The van der Waals surface area contributed by atoms with Crippen molar-refractivity contribution in [2.75, 3.05) is 11.9 Å². The van der Waals surface area contributed by atoms with Crippen LogP contribution in [0.1, 0.15) is 43.9 Å². The molecule has 19 heavy (non-hydrogen) atoms. The number of anilines is 1. The second kappa shape index (κ2) is 5.38. The van der Waals surface area contributed by atoms with Gasteiger partial charge in [-0.15, -0.1) is 0 Å². The Bertz CT molecular complexity index is 571. The van der Waals surface area contributed by atoms with Gasteiger partial charge in [-0.2, -0.15) is 0 Å². The van der Waals surface area contributed by atoms with Crippen LogP contribution in [-0.4, -0.2) is 26.1 Å². The standard InChI is InChI=1S/C14H21N5/c1-6-15-13-10(4)14(18-12(17-13)9(2)3)19-8-7-16-11(19)5/h7-9H,6H2,1-5H3,(H,15,17,18). The summed E-state index contributed by atoms with van der Waals surface area (Å²) in [5.41, 5.74) is 1.05. The number of hydrogen-bond acceptors (Lipinski definition) is 4. The van der Waals surface area contributed by atoms with Crippen LogP contribution in [0.4, 0.5) is 5.82 Å². The van der Waals surface area contributed by atoms with E-state index in [0.29, 0.717) is 5.92 Å². The third kappa shape index (κ3) is 2.59. The lowest BCUT2D eigenvalue weighted by Gasteiger charge is -2.15. The third-order valence-electron chi connectivity index (χ3n) is 3.05. The summed E-state index contributed by atoms with van der Waals surface area (Å²) < 4.78 is 2.00. The zero-order valence-corrected chi connectivity index (χ0v) is 12.2. The Labute approximate surface area is 114 Å². The van der Waals surface area contributed by atoms with Crippen LogP contribution in [0.3, 0.4) is 0 Å². The van der Waals surface area contributed by atoms with E-state index >= 15 is 0 Å². The van der Waals surface area contributed by atoms with Crippen LogP contribution in [-0.2, 0) is 0 Å². The molecule has 0 aromatic carbocycles. The Kier molecular flexibility index (Phi) is 3.83. The fourth-order valence-electron chi connectivity index (χ4n) is 1.96. The number of aryl methyl sites for hydroxylation is 1. The number of rotatable bonds is 4. The van der Waals surface area contributed by atoms with Gasteiger partial charge in [-0.25, -0.2) is 15.0 Å². The van der Waals surface area contributed by atoms with E-state index in [2.05, 4.69) is 41.0 Å². The molecule has 2 rings (SSSR count). The summed E-state index contributed by atoms with van der Waals surface area (Å²) in [6.45, 7) is 11.1. The van der Waals surface area contributed by atoms with E-state index in [4.69, 9.17) is 0 Å².